The van der Waals surface area contributed by atoms with E-state index in [1.54, 1.807) is 19.0 Å². The van der Waals surface area contributed by atoms with Crippen LogP contribution < -0.4 is 0 Å². The Balaban J connectivity index is 1.67. The minimum absolute atomic E-state index is 0.242. The van der Waals surface area contributed by atoms with Gasteiger partial charge in [0, 0.05) is 17.1 Å². The summed E-state index contributed by atoms with van der Waals surface area (Å²) in [6.45, 7) is 0. The Hall–Kier alpha value is -3.12. The van der Waals surface area contributed by atoms with Gasteiger partial charge < -0.3 is 14.5 Å². The molecule has 3 aromatic rings. The average Bonchev–Trinajstić information content (AvgIpc) is 3.17. The van der Waals surface area contributed by atoms with Crippen molar-refractivity contribution in [2.24, 2.45) is 0 Å². The van der Waals surface area contributed by atoms with Gasteiger partial charge in [-0.25, -0.2) is 14.5 Å². The summed E-state index contributed by atoms with van der Waals surface area (Å²) in [6, 6.07) is 16.5. The fourth-order valence-corrected chi connectivity index (χ4v) is 3.36. The first-order valence-electron chi connectivity index (χ1n) is 8.73. The first-order valence-corrected chi connectivity index (χ1v) is 8.73. The van der Waals surface area contributed by atoms with Gasteiger partial charge in [0.25, 0.3) is 0 Å². The number of nitrogens with zero attached hydrogens (tertiary/aromatic N) is 1. The van der Waals surface area contributed by atoms with E-state index in [0.717, 1.165) is 22.9 Å². The number of aromatic amines is 1. The van der Waals surface area contributed by atoms with Gasteiger partial charge in [-0.05, 0) is 49.3 Å². The number of esters is 2. The molecule has 0 saturated carbocycles. The molecule has 2 heterocycles. The molecule has 6 nitrogen and oxygen atoms in total. The van der Waals surface area contributed by atoms with Crippen molar-refractivity contribution in [1.82, 2.24) is 9.88 Å². The van der Waals surface area contributed by atoms with Gasteiger partial charge in [-0.3, -0.25) is 0 Å². The van der Waals surface area contributed by atoms with Crippen LogP contribution in [0, 0.1) is 0 Å². The van der Waals surface area contributed by atoms with E-state index in [-0.39, 0.29) is 6.42 Å². The lowest BCUT2D eigenvalue weighted by Crippen LogP contribution is -2.47. The van der Waals surface area contributed by atoms with E-state index >= 15 is 0 Å². The highest BCUT2D eigenvalue weighted by atomic mass is 16.8. The maximum Gasteiger partial charge on any atom is 0.421 e. The van der Waals surface area contributed by atoms with Crippen molar-refractivity contribution >= 4 is 22.8 Å². The Morgan fingerprint density at radius 2 is 1.67 bits per heavy atom. The van der Waals surface area contributed by atoms with Crippen molar-refractivity contribution < 1.29 is 19.1 Å². The third kappa shape index (κ3) is 3.19. The van der Waals surface area contributed by atoms with Crippen LogP contribution in [0.15, 0.2) is 54.7 Å². The van der Waals surface area contributed by atoms with Crippen LogP contribution >= 0.6 is 0 Å². The second-order valence-corrected chi connectivity index (χ2v) is 6.92. The van der Waals surface area contributed by atoms with E-state index in [2.05, 4.69) is 29.2 Å². The van der Waals surface area contributed by atoms with Crippen molar-refractivity contribution in [3.05, 3.63) is 71.4 Å². The molecule has 1 fully saturated rings. The molecule has 0 unspecified atom stereocenters. The number of hydrogen-bond acceptors (Lipinski definition) is 5. The largest absolute Gasteiger partial charge is 0.421 e. The highest BCUT2D eigenvalue weighted by Gasteiger charge is 2.51. The fraction of sp³-hybridized carbons (Fsp3) is 0.238. The molecule has 0 spiro atoms. The fourth-order valence-electron chi connectivity index (χ4n) is 3.36. The normalized spacial score (nSPS) is 16.0. The average molecular weight is 364 g/mol. The monoisotopic (exact) mass is 364 g/mol. The third-order valence-electron chi connectivity index (χ3n) is 4.85. The summed E-state index contributed by atoms with van der Waals surface area (Å²) in [5.74, 6) is -3.35. The van der Waals surface area contributed by atoms with Crippen LogP contribution in [-0.4, -0.2) is 41.8 Å². The van der Waals surface area contributed by atoms with Crippen molar-refractivity contribution in [3.8, 4) is 0 Å². The molecule has 0 bridgehead atoms. The molecular weight excluding hydrogens is 344 g/mol. The number of aromatic nitrogens is 1. The lowest BCUT2D eigenvalue weighted by molar-refractivity contribution is -0.236. The zero-order valence-electron chi connectivity index (χ0n) is 15.2. The Morgan fingerprint density at radius 1 is 0.963 bits per heavy atom. The number of benzene rings is 2. The van der Waals surface area contributed by atoms with Crippen LogP contribution in [0.3, 0.4) is 0 Å². The zero-order valence-corrected chi connectivity index (χ0v) is 15.2. The summed E-state index contributed by atoms with van der Waals surface area (Å²) in [5, 5.41) is 1.02. The summed E-state index contributed by atoms with van der Waals surface area (Å²) in [5.41, 5.74) is 4.30. The van der Waals surface area contributed by atoms with Gasteiger partial charge in [-0.1, -0.05) is 36.4 Å². The van der Waals surface area contributed by atoms with Crippen molar-refractivity contribution in [2.75, 3.05) is 14.1 Å². The summed E-state index contributed by atoms with van der Waals surface area (Å²) < 4.78 is 10.5. The summed E-state index contributed by atoms with van der Waals surface area (Å²) in [7, 11) is 3.42. The van der Waals surface area contributed by atoms with Crippen LogP contribution in [0.1, 0.15) is 16.7 Å². The number of nitrogens with one attached hydrogen (secondary N) is 1. The standard InChI is InChI=1S/C21H20N2O4/c1-23(2)21(26-19(24)20(25)27-21)12-16-13-22-18-9-8-15(11-17(16)18)10-14-6-4-3-5-7-14/h3-9,11,13,22H,10,12H2,1-2H3. The minimum Gasteiger partial charge on any atom is -0.399 e. The smallest absolute Gasteiger partial charge is 0.399 e. The second kappa shape index (κ2) is 6.55. The number of fused-ring (bicyclic) bond motifs is 1. The topological polar surface area (TPSA) is 71.6 Å². The predicted molar refractivity (Wildman–Crippen MR) is 99.9 cm³/mol. The molecule has 1 aliphatic rings. The summed E-state index contributed by atoms with van der Waals surface area (Å²) in [6.07, 6.45) is 2.93. The summed E-state index contributed by atoms with van der Waals surface area (Å²) >= 11 is 0. The Bertz CT molecular complexity index is 991. The van der Waals surface area contributed by atoms with Crippen LogP contribution in [-0.2, 0) is 31.9 Å². The summed E-state index contributed by atoms with van der Waals surface area (Å²) in [4.78, 5) is 28.1. The molecule has 1 aliphatic heterocycles. The van der Waals surface area contributed by atoms with E-state index in [4.69, 9.17) is 9.47 Å². The van der Waals surface area contributed by atoms with E-state index in [0.29, 0.717) is 0 Å². The van der Waals surface area contributed by atoms with Crippen molar-refractivity contribution in [3.63, 3.8) is 0 Å². The first kappa shape index (κ1) is 17.3. The van der Waals surface area contributed by atoms with Crippen molar-refractivity contribution in [2.45, 2.75) is 18.8 Å². The van der Waals surface area contributed by atoms with Gasteiger partial charge in [0.1, 0.15) is 0 Å². The number of H-pyrrole nitrogens is 1. The molecule has 1 saturated heterocycles. The number of carbonyl (C=O) groups excluding carboxylic acids is 2. The quantitative estimate of drug-likeness (QED) is 0.557. The van der Waals surface area contributed by atoms with Crippen LogP contribution in [0.25, 0.3) is 10.9 Å². The number of carbonyl (C=O) groups is 2. The minimum atomic E-state index is -1.42. The maximum atomic E-state index is 11.6. The Kier molecular flexibility index (Phi) is 4.20. The highest BCUT2D eigenvalue weighted by Crippen LogP contribution is 2.31. The molecule has 0 aliphatic carbocycles. The van der Waals surface area contributed by atoms with Gasteiger partial charge >= 0.3 is 17.8 Å². The molecule has 0 atom stereocenters. The van der Waals surface area contributed by atoms with Crippen molar-refractivity contribution in [1.29, 1.82) is 0 Å². The molecular formula is C21H20N2O4. The first-order chi connectivity index (χ1) is 13.0. The third-order valence-corrected chi connectivity index (χ3v) is 4.85. The van der Waals surface area contributed by atoms with E-state index < -0.39 is 17.8 Å². The highest BCUT2D eigenvalue weighted by molar-refractivity contribution is 6.31. The van der Waals surface area contributed by atoms with Gasteiger partial charge in [-0.2, -0.15) is 0 Å². The van der Waals surface area contributed by atoms with Gasteiger partial charge in [-0.15, -0.1) is 0 Å². The molecule has 0 amide bonds. The van der Waals surface area contributed by atoms with E-state index in [1.807, 2.05) is 30.5 Å². The molecule has 0 radical (unpaired) electrons. The van der Waals surface area contributed by atoms with Crippen LogP contribution in [0.2, 0.25) is 0 Å². The SMILES string of the molecule is CN(C)C1(Cc2c[nH]c3ccc(Cc4ccccc4)cc23)OC(=O)C(=O)O1. The van der Waals surface area contributed by atoms with Gasteiger partial charge in [0.15, 0.2) is 0 Å². The molecule has 1 N–H and O–H groups in total. The van der Waals surface area contributed by atoms with Crippen LogP contribution in [0.5, 0.6) is 0 Å². The van der Waals surface area contributed by atoms with Gasteiger partial charge in [0.05, 0.1) is 6.42 Å². The lowest BCUT2D eigenvalue weighted by Gasteiger charge is -2.31. The molecule has 4 rings (SSSR count). The number of ether oxygens (including phenoxy) is 2. The predicted octanol–water partition coefficient (Wildman–Crippen LogP) is 2.62. The van der Waals surface area contributed by atoms with Crippen LogP contribution in [0.4, 0.5) is 0 Å². The molecule has 138 valence electrons. The van der Waals surface area contributed by atoms with Gasteiger partial charge in [0.2, 0.25) is 0 Å². The molecule has 6 heteroatoms. The number of rotatable bonds is 5. The number of cyclic esters (lactones) is 2. The molecule has 1 aromatic heterocycles. The van der Waals surface area contributed by atoms with E-state index in [9.17, 15) is 9.59 Å². The molecule has 2 aromatic carbocycles. The zero-order chi connectivity index (χ0) is 19.0. The Morgan fingerprint density at radius 3 is 2.33 bits per heavy atom. The van der Waals surface area contributed by atoms with E-state index in [1.165, 1.54) is 11.1 Å². The lowest BCUT2D eigenvalue weighted by atomic mass is 10.0. The maximum absolute atomic E-state index is 11.6. The number of hydrogen-bond donors (Lipinski definition) is 1. The molecule has 27 heavy (non-hydrogen) atoms. The Labute approximate surface area is 156 Å². The second-order valence-electron chi connectivity index (χ2n) is 6.92. The number of likely N-dealkylation sites (N-methyl/N-ethyl adjacent to an activating group) is 1.